The summed E-state index contributed by atoms with van der Waals surface area (Å²) in [6.07, 6.45) is 75.2. The van der Waals surface area contributed by atoms with Gasteiger partial charge in [0.1, 0.15) is 13.2 Å². The van der Waals surface area contributed by atoms with Crippen molar-refractivity contribution in [1.82, 2.24) is 0 Å². The molecule has 0 saturated carbocycles. The Morgan fingerprint density at radius 3 is 0.912 bits per heavy atom. The molecule has 6 heteroatoms. The number of carbonyl (C=O) groups excluding carboxylic acids is 3. The van der Waals surface area contributed by atoms with Gasteiger partial charge in [0.2, 0.25) is 0 Å². The van der Waals surface area contributed by atoms with Gasteiger partial charge in [0.25, 0.3) is 0 Å². The number of ether oxygens (including phenoxy) is 3. The second kappa shape index (κ2) is 55.7. The molecule has 0 bridgehead atoms. The van der Waals surface area contributed by atoms with Gasteiger partial charge in [-0.25, -0.2) is 0 Å². The molecule has 386 valence electrons. The molecule has 0 saturated heterocycles. The molecule has 0 heterocycles. The second-order valence-corrected chi connectivity index (χ2v) is 18.1. The molecule has 0 amide bonds. The maximum absolute atomic E-state index is 12.8. The molecule has 0 rings (SSSR count). The van der Waals surface area contributed by atoms with Gasteiger partial charge in [0.05, 0.1) is 0 Å². The summed E-state index contributed by atoms with van der Waals surface area (Å²) >= 11 is 0. The van der Waals surface area contributed by atoms with Gasteiger partial charge >= 0.3 is 17.9 Å². The molecule has 1 atom stereocenters. The molecule has 0 fully saturated rings. The molecule has 6 nitrogen and oxygen atoms in total. The summed E-state index contributed by atoms with van der Waals surface area (Å²) in [5.74, 6) is -0.936. The second-order valence-electron chi connectivity index (χ2n) is 18.1. The van der Waals surface area contributed by atoms with Crippen LogP contribution in [0.3, 0.4) is 0 Å². The van der Waals surface area contributed by atoms with Crippen LogP contribution in [0.15, 0.2) is 109 Å². The van der Waals surface area contributed by atoms with E-state index in [1.165, 1.54) is 83.5 Å². The van der Waals surface area contributed by atoms with Gasteiger partial charge in [-0.3, -0.25) is 14.4 Å². The summed E-state index contributed by atoms with van der Waals surface area (Å²) in [5.41, 5.74) is 0. The van der Waals surface area contributed by atoms with Gasteiger partial charge in [-0.05, 0) is 103 Å². The quantitative estimate of drug-likeness (QED) is 0.0262. The van der Waals surface area contributed by atoms with Crippen molar-refractivity contribution in [1.29, 1.82) is 0 Å². The van der Waals surface area contributed by atoms with Crippen molar-refractivity contribution in [3.8, 4) is 0 Å². The van der Waals surface area contributed by atoms with E-state index >= 15 is 0 Å². The summed E-state index contributed by atoms with van der Waals surface area (Å²) in [6, 6.07) is 0. The van der Waals surface area contributed by atoms with E-state index in [1.54, 1.807) is 0 Å². The zero-order valence-electron chi connectivity index (χ0n) is 44.1. The van der Waals surface area contributed by atoms with Crippen LogP contribution < -0.4 is 0 Å². The number of carbonyl (C=O) groups is 3. The third-order valence-corrected chi connectivity index (χ3v) is 11.5. The molecule has 0 aliphatic heterocycles. The van der Waals surface area contributed by atoms with Crippen LogP contribution in [0.5, 0.6) is 0 Å². The summed E-state index contributed by atoms with van der Waals surface area (Å²) in [4.78, 5) is 38.0. The standard InChI is InChI=1S/C62H102O6/c1-4-7-10-13-16-19-21-23-25-27-29-30-31-32-34-35-37-39-41-43-46-49-52-55-61(64)67-58-59(57-66-60(63)54-51-48-45-18-15-12-9-6-3)68-62(65)56-53-50-47-44-42-40-38-36-33-28-26-24-22-20-17-14-11-8-5-2/h7-8,10-11,16-17,19-20,23-26,29-30,33,36,40,42,59H,4-6,9,12-15,18,21-22,27-28,31-32,34-35,37-39,41,43-58H2,1-3H3/b10-7-,11-8-,19-16-,20-17-,25-23-,26-24-,30-29-,36-33-,42-40-. The van der Waals surface area contributed by atoms with Gasteiger partial charge in [-0.1, -0.05) is 233 Å². The molecular weight excluding hydrogens is 841 g/mol. The number of hydrogen-bond acceptors (Lipinski definition) is 6. The Hall–Kier alpha value is -3.93. The largest absolute Gasteiger partial charge is 0.462 e. The maximum atomic E-state index is 12.8. The molecular formula is C62H102O6. The van der Waals surface area contributed by atoms with Gasteiger partial charge < -0.3 is 14.2 Å². The fraction of sp³-hybridized carbons (Fsp3) is 0.661. The minimum absolute atomic E-state index is 0.0930. The van der Waals surface area contributed by atoms with Crippen LogP contribution in [0.2, 0.25) is 0 Å². The van der Waals surface area contributed by atoms with E-state index in [2.05, 4.69) is 130 Å². The number of rotatable bonds is 49. The van der Waals surface area contributed by atoms with Crippen LogP contribution in [0, 0.1) is 0 Å². The Bertz CT molecular complexity index is 1410. The van der Waals surface area contributed by atoms with Crippen LogP contribution in [-0.4, -0.2) is 37.2 Å². The van der Waals surface area contributed by atoms with Crippen LogP contribution >= 0.6 is 0 Å². The maximum Gasteiger partial charge on any atom is 0.306 e. The molecule has 0 aromatic carbocycles. The summed E-state index contributed by atoms with van der Waals surface area (Å²) in [7, 11) is 0. The smallest absolute Gasteiger partial charge is 0.306 e. The van der Waals surface area contributed by atoms with Crippen LogP contribution in [0.4, 0.5) is 0 Å². The predicted octanol–water partition coefficient (Wildman–Crippen LogP) is 18.7. The third kappa shape index (κ3) is 53.0. The van der Waals surface area contributed by atoms with Crippen molar-refractivity contribution in [3.63, 3.8) is 0 Å². The molecule has 1 unspecified atom stereocenters. The topological polar surface area (TPSA) is 78.9 Å². The Balaban J connectivity index is 4.31. The first-order valence-corrected chi connectivity index (χ1v) is 27.9. The SMILES string of the molecule is CC/C=C\C/C=C\C/C=C\C/C=C\C/C=C\CCCCCC(=O)OC(COC(=O)CCCCCCCCCC)COC(=O)CCCCCCCCCCCC/C=C\C/C=C\C/C=C\C/C=C\CC. The number of esters is 3. The van der Waals surface area contributed by atoms with Crippen molar-refractivity contribution in [3.05, 3.63) is 109 Å². The van der Waals surface area contributed by atoms with Gasteiger partial charge in [0, 0.05) is 19.3 Å². The average molecular weight is 943 g/mol. The molecule has 0 aliphatic carbocycles. The van der Waals surface area contributed by atoms with Crippen LogP contribution in [-0.2, 0) is 28.6 Å². The van der Waals surface area contributed by atoms with Gasteiger partial charge in [0.15, 0.2) is 6.10 Å². The van der Waals surface area contributed by atoms with Crippen molar-refractivity contribution >= 4 is 17.9 Å². The zero-order chi connectivity index (χ0) is 49.3. The fourth-order valence-electron chi connectivity index (χ4n) is 7.40. The van der Waals surface area contributed by atoms with Crippen molar-refractivity contribution in [2.75, 3.05) is 13.2 Å². The first-order valence-electron chi connectivity index (χ1n) is 27.9. The fourth-order valence-corrected chi connectivity index (χ4v) is 7.40. The summed E-state index contributed by atoms with van der Waals surface area (Å²) in [5, 5.41) is 0. The highest BCUT2D eigenvalue weighted by atomic mass is 16.6. The molecule has 68 heavy (non-hydrogen) atoms. The number of unbranched alkanes of at least 4 members (excludes halogenated alkanes) is 20. The van der Waals surface area contributed by atoms with Crippen molar-refractivity contribution in [2.45, 2.75) is 252 Å². The van der Waals surface area contributed by atoms with E-state index in [9.17, 15) is 14.4 Å². The first kappa shape index (κ1) is 64.1. The van der Waals surface area contributed by atoms with E-state index in [-0.39, 0.29) is 37.5 Å². The zero-order valence-corrected chi connectivity index (χ0v) is 44.1. The highest BCUT2D eigenvalue weighted by Crippen LogP contribution is 2.14. The summed E-state index contributed by atoms with van der Waals surface area (Å²) < 4.78 is 16.8. The predicted molar refractivity (Wildman–Crippen MR) is 293 cm³/mol. The summed E-state index contributed by atoms with van der Waals surface area (Å²) in [6.45, 7) is 6.35. The number of allylic oxidation sites excluding steroid dienone is 18. The Morgan fingerprint density at radius 2 is 0.574 bits per heavy atom. The monoisotopic (exact) mass is 943 g/mol. The van der Waals surface area contributed by atoms with Crippen molar-refractivity contribution < 1.29 is 28.6 Å². The Labute approximate surface area is 419 Å². The van der Waals surface area contributed by atoms with E-state index in [0.29, 0.717) is 12.8 Å². The molecule has 0 radical (unpaired) electrons. The highest BCUT2D eigenvalue weighted by Gasteiger charge is 2.19. The van der Waals surface area contributed by atoms with E-state index in [0.717, 1.165) is 122 Å². The third-order valence-electron chi connectivity index (χ3n) is 11.5. The molecule has 0 N–H and O–H groups in total. The molecule has 0 spiro atoms. The van der Waals surface area contributed by atoms with Crippen LogP contribution in [0.1, 0.15) is 245 Å². The lowest BCUT2D eigenvalue weighted by Gasteiger charge is -2.18. The minimum Gasteiger partial charge on any atom is -0.462 e. The van der Waals surface area contributed by atoms with Crippen LogP contribution in [0.25, 0.3) is 0 Å². The molecule has 0 aromatic rings. The highest BCUT2D eigenvalue weighted by molar-refractivity contribution is 5.71. The average Bonchev–Trinajstić information content (AvgIpc) is 3.34. The molecule has 0 aliphatic rings. The van der Waals surface area contributed by atoms with Gasteiger partial charge in [-0.2, -0.15) is 0 Å². The van der Waals surface area contributed by atoms with E-state index in [1.807, 2.05) is 0 Å². The van der Waals surface area contributed by atoms with E-state index in [4.69, 9.17) is 14.2 Å². The lowest BCUT2D eigenvalue weighted by Crippen LogP contribution is -2.30. The molecule has 0 aromatic heterocycles. The Kier molecular flexibility index (Phi) is 52.4. The first-order chi connectivity index (χ1) is 33.5. The van der Waals surface area contributed by atoms with Gasteiger partial charge in [-0.15, -0.1) is 0 Å². The lowest BCUT2D eigenvalue weighted by atomic mass is 10.1. The lowest BCUT2D eigenvalue weighted by molar-refractivity contribution is -0.167. The minimum atomic E-state index is -0.796. The number of hydrogen-bond donors (Lipinski definition) is 0. The van der Waals surface area contributed by atoms with E-state index < -0.39 is 6.10 Å². The normalized spacial score (nSPS) is 12.9. The Morgan fingerprint density at radius 1 is 0.309 bits per heavy atom. The van der Waals surface area contributed by atoms with Crippen molar-refractivity contribution in [2.24, 2.45) is 0 Å².